The number of nitrogens with zero attached hydrogens (tertiary/aromatic N) is 1. The summed E-state index contributed by atoms with van der Waals surface area (Å²) < 4.78 is 37.0. The summed E-state index contributed by atoms with van der Waals surface area (Å²) >= 11 is 0. The maximum atomic E-state index is 12.3. The zero-order valence-corrected chi connectivity index (χ0v) is 13.0. The Kier molecular flexibility index (Phi) is 5.72. The molecule has 5 heteroatoms. The molecule has 3 unspecified atom stereocenters. The number of nitrogens with one attached hydrogen (secondary N) is 1. The molecule has 2 aliphatic rings. The zero-order valence-electron chi connectivity index (χ0n) is 13.0. The summed E-state index contributed by atoms with van der Waals surface area (Å²) in [5.74, 6) is 1.70. The van der Waals surface area contributed by atoms with Gasteiger partial charge in [0.05, 0.1) is 6.54 Å². The predicted octanol–water partition coefficient (Wildman–Crippen LogP) is 3.45. The van der Waals surface area contributed by atoms with Gasteiger partial charge in [-0.3, -0.25) is 4.90 Å². The molecule has 2 rings (SSSR count). The van der Waals surface area contributed by atoms with Gasteiger partial charge in [-0.25, -0.2) is 0 Å². The Morgan fingerprint density at radius 2 is 2.00 bits per heavy atom. The lowest BCUT2D eigenvalue weighted by Gasteiger charge is -2.26. The third-order valence-electron chi connectivity index (χ3n) is 4.52. The first-order valence-electron chi connectivity index (χ1n) is 7.99. The number of alkyl halides is 3. The molecule has 0 amide bonds. The van der Waals surface area contributed by atoms with E-state index >= 15 is 0 Å². The summed E-state index contributed by atoms with van der Waals surface area (Å²) in [6, 6.07) is 0. The Bertz CT molecular complexity index is 365. The Labute approximate surface area is 125 Å². The highest BCUT2D eigenvalue weighted by atomic mass is 19.4. The first-order valence-corrected chi connectivity index (χ1v) is 7.99. The van der Waals surface area contributed by atoms with Gasteiger partial charge in [0.25, 0.3) is 0 Å². The molecule has 21 heavy (non-hydrogen) atoms. The molecule has 1 N–H and O–H groups in total. The third-order valence-corrected chi connectivity index (χ3v) is 4.52. The zero-order chi connectivity index (χ0) is 15.5. The fraction of sp³-hybridized carbons (Fsp3) is 0.875. The molecule has 0 aromatic heterocycles. The van der Waals surface area contributed by atoms with Crippen molar-refractivity contribution in [3.63, 3.8) is 0 Å². The maximum Gasteiger partial charge on any atom is 0.401 e. The molecule has 0 bridgehead atoms. The second-order valence-corrected chi connectivity index (χ2v) is 6.96. The molecule has 1 fully saturated rings. The lowest BCUT2D eigenvalue weighted by atomic mass is 9.83. The number of halogens is 3. The lowest BCUT2D eigenvalue weighted by molar-refractivity contribution is -0.143. The number of allylic oxidation sites excluding steroid dienone is 2. The minimum atomic E-state index is -4.07. The topological polar surface area (TPSA) is 15.3 Å². The summed E-state index contributed by atoms with van der Waals surface area (Å²) in [5, 5.41) is 3.49. The molecule has 3 atom stereocenters. The van der Waals surface area contributed by atoms with Crippen molar-refractivity contribution in [3.05, 3.63) is 11.6 Å². The molecule has 122 valence electrons. The Morgan fingerprint density at radius 3 is 2.67 bits per heavy atom. The van der Waals surface area contributed by atoms with Crippen LogP contribution in [0.3, 0.4) is 0 Å². The number of rotatable bonds is 5. The fourth-order valence-electron chi connectivity index (χ4n) is 3.81. The van der Waals surface area contributed by atoms with E-state index in [1.807, 2.05) is 0 Å². The smallest absolute Gasteiger partial charge is 0.316 e. The Balaban J connectivity index is 1.63. The van der Waals surface area contributed by atoms with Gasteiger partial charge in [0.1, 0.15) is 0 Å². The van der Waals surface area contributed by atoms with Crippen LogP contribution in [-0.2, 0) is 0 Å². The van der Waals surface area contributed by atoms with Gasteiger partial charge in [-0.05, 0) is 63.6 Å². The van der Waals surface area contributed by atoms with Gasteiger partial charge in [0, 0.05) is 6.54 Å². The molecule has 1 aliphatic carbocycles. The van der Waals surface area contributed by atoms with Crippen molar-refractivity contribution < 1.29 is 13.2 Å². The molecule has 0 radical (unpaired) electrons. The van der Waals surface area contributed by atoms with Gasteiger partial charge in [0.2, 0.25) is 0 Å². The van der Waals surface area contributed by atoms with E-state index in [1.54, 1.807) is 0 Å². The average Bonchev–Trinajstić information content (AvgIpc) is 2.73. The second kappa shape index (κ2) is 7.14. The van der Waals surface area contributed by atoms with E-state index in [1.165, 1.54) is 16.9 Å². The van der Waals surface area contributed by atoms with Crippen LogP contribution in [0.15, 0.2) is 11.6 Å². The van der Waals surface area contributed by atoms with E-state index in [2.05, 4.69) is 25.2 Å². The summed E-state index contributed by atoms with van der Waals surface area (Å²) in [6.07, 6.45) is 1.54. The van der Waals surface area contributed by atoms with Crippen molar-refractivity contribution >= 4 is 0 Å². The minimum Gasteiger partial charge on any atom is -0.316 e. The quantitative estimate of drug-likeness (QED) is 0.783. The average molecular weight is 304 g/mol. The molecule has 1 saturated heterocycles. The van der Waals surface area contributed by atoms with E-state index in [0.29, 0.717) is 30.8 Å². The van der Waals surface area contributed by atoms with Crippen LogP contribution in [0.4, 0.5) is 13.2 Å². The molecular weight excluding hydrogens is 277 g/mol. The van der Waals surface area contributed by atoms with Crippen molar-refractivity contribution in [1.82, 2.24) is 10.2 Å². The van der Waals surface area contributed by atoms with E-state index in [0.717, 1.165) is 25.9 Å². The third kappa shape index (κ3) is 5.99. The molecule has 1 heterocycles. The predicted molar refractivity (Wildman–Crippen MR) is 79.1 cm³/mol. The summed E-state index contributed by atoms with van der Waals surface area (Å²) in [4.78, 5) is 1.53. The summed E-state index contributed by atoms with van der Waals surface area (Å²) in [6.45, 7) is 6.68. The van der Waals surface area contributed by atoms with Crippen molar-refractivity contribution in [2.75, 3.05) is 32.7 Å². The first-order chi connectivity index (χ1) is 9.82. The molecular formula is C16H27F3N2. The standard InChI is InChI=1S/C16H27F3N2/c1-12-5-13(2)7-15(6-12)9-20-8-14-3-4-21(10-14)11-16(17,18)19/h5,12,14-15,20H,3-4,6-11H2,1-2H3. The number of likely N-dealkylation sites (tertiary alicyclic amines) is 1. The van der Waals surface area contributed by atoms with E-state index < -0.39 is 12.7 Å². The second-order valence-electron chi connectivity index (χ2n) is 6.96. The van der Waals surface area contributed by atoms with E-state index in [9.17, 15) is 13.2 Å². The van der Waals surface area contributed by atoms with Crippen molar-refractivity contribution in [1.29, 1.82) is 0 Å². The monoisotopic (exact) mass is 304 g/mol. The van der Waals surface area contributed by atoms with E-state index in [4.69, 9.17) is 0 Å². The molecule has 0 spiro atoms. The SMILES string of the molecule is CC1=CC(C)CC(CNCC2CCN(CC(F)(F)F)C2)C1. The van der Waals surface area contributed by atoms with Crippen LogP contribution < -0.4 is 5.32 Å². The lowest BCUT2D eigenvalue weighted by Crippen LogP contribution is -2.34. The molecule has 0 aromatic carbocycles. The van der Waals surface area contributed by atoms with Crippen LogP contribution in [-0.4, -0.2) is 43.8 Å². The number of hydrogen-bond donors (Lipinski definition) is 1. The Morgan fingerprint density at radius 1 is 1.29 bits per heavy atom. The molecule has 0 aromatic rings. The van der Waals surface area contributed by atoms with Gasteiger partial charge in [-0.1, -0.05) is 18.6 Å². The normalized spacial score (nSPS) is 31.5. The van der Waals surface area contributed by atoms with Crippen LogP contribution in [0.5, 0.6) is 0 Å². The summed E-state index contributed by atoms with van der Waals surface area (Å²) in [5.41, 5.74) is 1.47. The van der Waals surface area contributed by atoms with Crippen LogP contribution in [0.1, 0.15) is 33.1 Å². The van der Waals surface area contributed by atoms with Crippen LogP contribution in [0.25, 0.3) is 0 Å². The first kappa shape index (κ1) is 16.8. The van der Waals surface area contributed by atoms with Gasteiger partial charge >= 0.3 is 6.18 Å². The fourth-order valence-corrected chi connectivity index (χ4v) is 3.81. The molecule has 2 nitrogen and oxygen atoms in total. The highest BCUT2D eigenvalue weighted by molar-refractivity contribution is 5.06. The molecule has 1 aliphatic heterocycles. The highest BCUT2D eigenvalue weighted by Crippen LogP contribution is 2.27. The molecule has 0 saturated carbocycles. The van der Waals surface area contributed by atoms with Crippen molar-refractivity contribution in [3.8, 4) is 0 Å². The van der Waals surface area contributed by atoms with Crippen LogP contribution >= 0.6 is 0 Å². The highest BCUT2D eigenvalue weighted by Gasteiger charge is 2.34. The van der Waals surface area contributed by atoms with Gasteiger partial charge in [0.15, 0.2) is 0 Å². The summed E-state index contributed by atoms with van der Waals surface area (Å²) in [7, 11) is 0. The largest absolute Gasteiger partial charge is 0.401 e. The number of hydrogen-bond acceptors (Lipinski definition) is 2. The van der Waals surface area contributed by atoms with Gasteiger partial charge in [-0.15, -0.1) is 0 Å². The Hall–Kier alpha value is -0.550. The van der Waals surface area contributed by atoms with Crippen molar-refractivity contribution in [2.45, 2.75) is 39.3 Å². The van der Waals surface area contributed by atoms with Crippen LogP contribution in [0, 0.1) is 17.8 Å². The van der Waals surface area contributed by atoms with Gasteiger partial charge in [-0.2, -0.15) is 13.2 Å². The maximum absolute atomic E-state index is 12.3. The minimum absolute atomic E-state index is 0.366. The van der Waals surface area contributed by atoms with E-state index in [-0.39, 0.29) is 0 Å². The van der Waals surface area contributed by atoms with Crippen LogP contribution in [0.2, 0.25) is 0 Å². The van der Waals surface area contributed by atoms with Crippen molar-refractivity contribution in [2.24, 2.45) is 17.8 Å². The van der Waals surface area contributed by atoms with Gasteiger partial charge < -0.3 is 5.32 Å².